The maximum absolute atomic E-state index is 12.4. The third-order valence-electron chi connectivity index (χ3n) is 4.24. The molecule has 0 radical (unpaired) electrons. The predicted octanol–water partition coefficient (Wildman–Crippen LogP) is 3.29. The molecular formula is C19H14N4O4S. The summed E-state index contributed by atoms with van der Waals surface area (Å²) in [6.45, 7) is 1.08. The molecule has 0 saturated carbocycles. The van der Waals surface area contributed by atoms with Crippen LogP contribution in [0.4, 0.5) is 6.01 Å². The van der Waals surface area contributed by atoms with E-state index in [0.717, 1.165) is 21.5 Å². The number of aromatic nitrogens is 3. The lowest BCUT2D eigenvalue weighted by Crippen LogP contribution is -2.15. The first kappa shape index (κ1) is 16.7. The number of hydrogen-bond donors (Lipinski definition) is 1. The number of nitrogens with one attached hydrogen (secondary N) is 1. The maximum Gasteiger partial charge on any atom is 0.322 e. The molecule has 0 bridgehead atoms. The minimum Gasteiger partial charge on any atom is -0.486 e. The molecule has 3 heterocycles. The van der Waals surface area contributed by atoms with Crippen LogP contribution in [0.3, 0.4) is 0 Å². The molecule has 2 aromatic carbocycles. The van der Waals surface area contributed by atoms with Crippen LogP contribution in [-0.4, -0.2) is 34.3 Å². The minimum atomic E-state index is -0.315. The van der Waals surface area contributed by atoms with E-state index in [1.165, 1.54) is 11.3 Å². The van der Waals surface area contributed by atoms with E-state index in [0.29, 0.717) is 36.8 Å². The Kier molecular flexibility index (Phi) is 4.13. The Bertz CT molecular complexity index is 1170. The number of carbonyl (C=O) groups is 1. The Morgan fingerprint density at radius 1 is 1.07 bits per heavy atom. The summed E-state index contributed by atoms with van der Waals surface area (Å²) in [5.74, 6) is 1.51. The van der Waals surface area contributed by atoms with Gasteiger partial charge in [-0.25, -0.2) is 4.98 Å². The molecule has 1 N–H and O–H groups in total. The quantitative estimate of drug-likeness (QED) is 0.567. The average molecular weight is 394 g/mol. The lowest BCUT2D eigenvalue weighted by molar-refractivity contribution is 0.102. The van der Waals surface area contributed by atoms with E-state index in [2.05, 4.69) is 20.5 Å². The Balaban J connectivity index is 1.28. The molecule has 0 saturated heterocycles. The van der Waals surface area contributed by atoms with Crippen molar-refractivity contribution in [1.82, 2.24) is 15.2 Å². The molecule has 4 aromatic rings. The molecule has 0 unspecified atom stereocenters. The van der Waals surface area contributed by atoms with Crippen molar-refractivity contribution in [3.63, 3.8) is 0 Å². The molecule has 1 aliphatic rings. The van der Waals surface area contributed by atoms with Crippen LogP contribution in [0.25, 0.3) is 10.2 Å². The third-order valence-corrected chi connectivity index (χ3v) is 5.03. The van der Waals surface area contributed by atoms with Gasteiger partial charge in [-0.3, -0.25) is 10.1 Å². The number of benzene rings is 2. The van der Waals surface area contributed by atoms with Crippen molar-refractivity contribution in [2.45, 2.75) is 6.42 Å². The number of amides is 1. The molecule has 140 valence electrons. The van der Waals surface area contributed by atoms with Crippen LogP contribution < -0.4 is 14.8 Å². The lowest BCUT2D eigenvalue weighted by Gasteiger charge is -2.18. The Hall–Kier alpha value is -3.46. The van der Waals surface area contributed by atoms with Crippen molar-refractivity contribution in [2.75, 3.05) is 18.5 Å². The van der Waals surface area contributed by atoms with Gasteiger partial charge in [0, 0.05) is 5.56 Å². The monoisotopic (exact) mass is 394 g/mol. The highest BCUT2D eigenvalue weighted by Crippen LogP contribution is 2.31. The summed E-state index contributed by atoms with van der Waals surface area (Å²) >= 11 is 1.48. The zero-order valence-corrected chi connectivity index (χ0v) is 15.4. The first-order valence-electron chi connectivity index (χ1n) is 8.60. The van der Waals surface area contributed by atoms with Crippen LogP contribution in [-0.2, 0) is 6.42 Å². The van der Waals surface area contributed by atoms with E-state index < -0.39 is 0 Å². The van der Waals surface area contributed by atoms with E-state index in [9.17, 15) is 4.79 Å². The number of thiazole rings is 1. The van der Waals surface area contributed by atoms with Crippen LogP contribution >= 0.6 is 11.3 Å². The molecule has 9 heteroatoms. The van der Waals surface area contributed by atoms with E-state index in [1.807, 2.05) is 24.3 Å². The normalized spacial score (nSPS) is 12.9. The van der Waals surface area contributed by atoms with Crippen LogP contribution in [0, 0.1) is 0 Å². The van der Waals surface area contributed by atoms with Gasteiger partial charge in [-0.1, -0.05) is 11.2 Å². The van der Waals surface area contributed by atoms with Gasteiger partial charge in [0.25, 0.3) is 5.91 Å². The van der Waals surface area contributed by atoms with Gasteiger partial charge in [0.05, 0.1) is 22.1 Å². The number of nitrogens with zero attached hydrogens (tertiary/aromatic N) is 3. The first-order chi connectivity index (χ1) is 13.7. The Morgan fingerprint density at radius 2 is 1.96 bits per heavy atom. The molecule has 0 spiro atoms. The molecule has 2 aromatic heterocycles. The summed E-state index contributed by atoms with van der Waals surface area (Å²) in [4.78, 5) is 16.6. The second kappa shape index (κ2) is 6.93. The van der Waals surface area contributed by atoms with Gasteiger partial charge in [0.1, 0.15) is 13.2 Å². The SMILES string of the molecule is O=C(Nc1nnc(Cc2ccc3c(c2)OCCO3)o1)c1ccc2ncsc2c1. The number of ether oxygens (including phenoxy) is 2. The number of carbonyl (C=O) groups excluding carboxylic acids is 1. The minimum absolute atomic E-state index is 0.0574. The summed E-state index contributed by atoms with van der Waals surface area (Å²) < 4.78 is 17.6. The molecule has 0 fully saturated rings. The second-order valence-electron chi connectivity index (χ2n) is 6.14. The highest BCUT2D eigenvalue weighted by molar-refractivity contribution is 7.16. The molecule has 0 aliphatic carbocycles. The Labute approximate surface area is 163 Å². The van der Waals surface area contributed by atoms with Gasteiger partial charge in [0.2, 0.25) is 5.89 Å². The number of rotatable bonds is 4. The summed E-state index contributed by atoms with van der Waals surface area (Å²) in [6, 6.07) is 11.0. The lowest BCUT2D eigenvalue weighted by atomic mass is 10.1. The van der Waals surface area contributed by atoms with Gasteiger partial charge in [-0.15, -0.1) is 16.4 Å². The third kappa shape index (κ3) is 3.27. The second-order valence-corrected chi connectivity index (χ2v) is 7.03. The van der Waals surface area contributed by atoms with Gasteiger partial charge in [0.15, 0.2) is 11.5 Å². The summed E-state index contributed by atoms with van der Waals surface area (Å²) in [6.07, 6.45) is 0.423. The molecule has 1 aliphatic heterocycles. The summed E-state index contributed by atoms with van der Waals surface area (Å²) in [7, 11) is 0. The van der Waals surface area contributed by atoms with Gasteiger partial charge in [-0.2, -0.15) is 0 Å². The largest absolute Gasteiger partial charge is 0.486 e. The maximum atomic E-state index is 12.4. The predicted molar refractivity (Wildman–Crippen MR) is 102 cm³/mol. The van der Waals surface area contributed by atoms with E-state index in [-0.39, 0.29) is 11.9 Å². The summed E-state index contributed by atoms with van der Waals surface area (Å²) in [5.41, 5.74) is 4.06. The van der Waals surface area contributed by atoms with Crippen molar-refractivity contribution in [1.29, 1.82) is 0 Å². The zero-order chi connectivity index (χ0) is 18.9. The van der Waals surface area contributed by atoms with Crippen molar-refractivity contribution >= 4 is 33.5 Å². The number of fused-ring (bicyclic) bond motifs is 2. The van der Waals surface area contributed by atoms with Gasteiger partial charge >= 0.3 is 6.01 Å². The van der Waals surface area contributed by atoms with Crippen molar-refractivity contribution in [2.24, 2.45) is 0 Å². The Morgan fingerprint density at radius 3 is 2.89 bits per heavy atom. The van der Waals surface area contributed by atoms with Gasteiger partial charge in [-0.05, 0) is 35.9 Å². The molecule has 1 amide bonds. The van der Waals surface area contributed by atoms with E-state index in [4.69, 9.17) is 13.9 Å². The average Bonchev–Trinajstić information content (AvgIpc) is 3.36. The van der Waals surface area contributed by atoms with Gasteiger partial charge < -0.3 is 13.9 Å². The molecule has 5 rings (SSSR count). The highest BCUT2D eigenvalue weighted by atomic mass is 32.1. The number of hydrogen-bond acceptors (Lipinski definition) is 8. The van der Waals surface area contributed by atoms with Crippen molar-refractivity contribution < 1.29 is 18.7 Å². The van der Waals surface area contributed by atoms with Crippen molar-refractivity contribution in [3.05, 3.63) is 58.9 Å². The van der Waals surface area contributed by atoms with E-state index >= 15 is 0 Å². The van der Waals surface area contributed by atoms with Crippen LogP contribution in [0.2, 0.25) is 0 Å². The first-order valence-corrected chi connectivity index (χ1v) is 9.48. The van der Waals surface area contributed by atoms with Crippen LogP contribution in [0.1, 0.15) is 21.8 Å². The standard InChI is InChI=1S/C19H14N4O4S/c24-18(12-2-3-13-16(9-12)28-10-20-13)21-19-23-22-17(27-19)8-11-1-4-14-15(7-11)26-6-5-25-14/h1-4,7,9-10H,5-6,8H2,(H,21,23,24). The molecule has 8 nitrogen and oxygen atoms in total. The summed E-state index contributed by atoms with van der Waals surface area (Å²) in [5, 5.41) is 10.5. The topological polar surface area (TPSA) is 99.4 Å². The fourth-order valence-electron chi connectivity index (χ4n) is 2.91. The number of anilines is 1. The van der Waals surface area contributed by atoms with Crippen LogP contribution in [0.15, 0.2) is 46.3 Å². The van der Waals surface area contributed by atoms with E-state index in [1.54, 1.807) is 17.6 Å². The zero-order valence-electron chi connectivity index (χ0n) is 14.5. The highest BCUT2D eigenvalue weighted by Gasteiger charge is 2.15. The fraction of sp³-hybridized carbons (Fsp3) is 0.158. The van der Waals surface area contributed by atoms with Crippen molar-refractivity contribution in [3.8, 4) is 11.5 Å². The van der Waals surface area contributed by atoms with Crippen LogP contribution in [0.5, 0.6) is 11.5 Å². The molecule has 28 heavy (non-hydrogen) atoms. The molecular weight excluding hydrogens is 380 g/mol. The fourth-order valence-corrected chi connectivity index (χ4v) is 3.63. The smallest absolute Gasteiger partial charge is 0.322 e. The molecule has 0 atom stereocenters.